The Morgan fingerprint density at radius 1 is 0.432 bits per heavy atom. The Labute approximate surface area is 216 Å². The lowest BCUT2D eigenvalue weighted by Crippen LogP contribution is -1.82. The van der Waals surface area contributed by atoms with Gasteiger partial charge in [0.2, 0.25) is 0 Å². The van der Waals surface area contributed by atoms with Gasteiger partial charge in [-0.1, -0.05) is 78.9 Å². The zero-order valence-corrected chi connectivity index (χ0v) is 20.7. The molecule has 0 unspecified atom stereocenters. The average Bonchev–Trinajstić information content (AvgIpc) is 2.91. The average molecular weight is 489 g/mol. The molecule has 5 heteroatoms. The molecule has 0 aliphatic heterocycles. The van der Waals surface area contributed by atoms with Gasteiger partial charge in [0.05, 0.1) is 0 Å². The van der Waals surface area contributed by atoms with Crippen molar-refractivity contribution in [1.29, 1.82) is 0 Å². The fraction of sp³-hybridized carbons (Fsp3) is 0.0625. The molecule has 2 heterocycles. The summed E-state index contributed by atoms with van der Waals surface area (Å²) in [6, 6.07) is 35.9. The number of aryl methyl sites for hydroxylation is 2. The zero-order chi connectivity index (χ0) is 26.2. The van der Waals surface area contributed by atoms with Crippen molar-refractivity contribution in [2.75, 3.05) is 0 Å². The summed E-state index contributed by atoms with van der Waals surface area (Å²) in [5, 5.41) is 29.9. The Kier molecular flexibility index (Phi) is 7.96. The molecule has 0 fully saturated rings. The SMILES string of the molecule is Cc1ccc2cccc(O)c2n1.Cc1ccc2cccc(O)c2n1.Oc1ccc(-c2ccccc2)cc1. The summed E-state index contributed by atoms with van der Waals surface area (Å²) in [6.07, 6.45) is 0. The van der Waals surface area contributed by atoms with E-state index in [1.807, 2.05) is 105 Å². The normalized spacial score (nSPS) is 10.2. The maximum Gasteiger partial charge on any atom is 0.141 e. The second-order valence-electron chi connectivity index (χ2n) is 8.52. The monoisotopic (exact) mass is 488 g/mol. The summed E-state index contributed by atoms with van der Waals surface area (Å²) in [4.78, 5) is 8.45. The highest BCUT2D eigenvalue weighted by molar-refractivity contribution is 5.84. The quantitative estimate of drug-likeness (QED) is 0.222. The molecule has 0 atom stereocenters. The number of benzene rings is 4. The predicted octanol–water partition coefficient (Wildman–Crippen LogP) is 7.56. The van der Waals surface area contributed by atoms with Gasteiger partial charge < -0.3 is 15.3 Å². The van der Waals surface area contributed by atoms with Gasteiger partial charge >= 0.3 is 0 Å². The van der Waals surface area contributed by atoms with Crippen LogP contribution in [-0.2, 0) is 0 Å². The standard InChI is InChI=1S/C12H10O.2C10H9NO/c13-12-8-6-11(7-9-12)10-4-2-1-3-5-10;2*1-7-5-6-8-3-2-4-9(12)10(8)11-7/h1-9,13H;2*2-6,12H,1H3. The third kappa shape index (κ3) is 6.61. The van der Waals surface area contributed by atoms with Crippen molar-refractivity contribution in [3.8, 4) is 28.4 Å². The molecule has 6 rings (SSSR count). The van der Waals surface area contributed by atoms with Crippen molar-refractivity contribution in [1.82, 2.24) is 9.97 Å². The molecule has 0 bridgehead atoms. The summed E-state index contributed by atoms with van der Waals surface area (Å²) in [5.41, 5.74) is 5.49. The molecule has 0 amide bonds. The number of phenolic OH excluding ortho intramolecular Hbond substituents is 3. The highest BCUT2D eigenvalue weighted by Crippen LogP contribution is 2.23. The number of fused-ring (bicyclic) bond motifs is 2. The van der Waals surface area contributed by atoms with Gasteiger partial charge in [0.1, 0.15) is 28.3 Å². The number of hydrogen-bond acceptors (Lipinski definition) is 5. The molecule has 0 radical (unpaired) electrons. The number of rotatable bonds is 1. The Hall–Kier alpha value is -4.90. The van der Waals surface area contributed by atoms with Gasteiger partial charge in [-0.15, -0.1) is 0 Å². The Morgan fingerprint density at radius 3 is 1.38 bits per heavy atom. The van der Waals surface area contributed by atoms with Crippen molar-refractivity contribution in [3.63, 3.8) is 0 Å². The Bertz CT molecular complexity index is 1530. The van der Waals surface area contributed by atoms with Crippen LogP contribution in [0.3, 0.4) is 0 Å². The lowest BCUT2D eigenvalue weighted by atomic mass is 10.1. The molecule has 5 nitrogen and oxygen atoms in total. The van der Waals surface area contributed by atoms with E-state index in [9.17, 15) is 10.2 Å². The lowest BCUT2D eigenvalue weighted by Gasteiger charge is -2.00. The molecule has 4 aromatic carbocycles. The van der Waals surface area contributed by atoms with Gasteiger partial charge in [0, 0.05) is 22.2 Å². The number of phenols is 3. The highest BCUT2D eigenvalue weighted by atomic mass is 16.3. The van der Waals surface area contributed by atoms with E-state index in [2.05, 4.69) is 9.97 Å². The number of hydrogen-bond donors (Lipinski definition) is 3. The van der Waals surface area contributed by atoms with Crippen LogP contribution in [0.5, 0.6) is 17.2 Å². The van der Waals surface area contributed by atoms with Gasteiger partial charge in [0.15, 0.2) is 0 Å². The molecule has 2 aromatic heterocycles. The van der Waals surface area contributed by atoms with E-state index in [0.717, 1.165) is 27.7 Å². The molecule has 184 valence electrons. The first-order chi connectivity index (χ1) is 17.9. The minimum Gasteiger partial charge on any atom is -0.508 e. The van der Waals surface area contributed by atoms with Gasteiger partial charge in [0.25, 0.3) is 0 Å². The number of nitrogens with zero attached hydrogens (tertiary/aromatic N) is 2. The minimum atomic E-state index is 0.246. The van der Waals surface area contributed by atoms with Crippen LogP contribution >= 0.6 is 0 Å². The molecule has 3 N–H and O–H groups in total. The summed E-state index contributed by atoms with van der Waals surface area (Å²) < 4.78 is 0. The highest BCUT2D eigenvalue weighted by Gasteiger charge is 2.00. The van der Waals surface area contributed by atoms with Crippen LogP contribution < -0.4 is 0 Å². The first-order valence-electron chi connectivity index (χ1n) is 11.9. The number of para-hydroxylation sites is 2. The van der Waals surface area contributed by atoms with Crippen LogP contribution in [0, 0.1) is 13.8 Å². The van der Waals surface area contributed by atoms with E-state index in [1.54, 1.807) is 24.3 Å². The Balaban J connectivity index is 0.000000130. The number of aromatic nitrogens is 2. The molecule has 0 aliphatic rings. The summed E-state index contributed by atoms with van der Waals surface area (Å²) >= 11 is 0. The van der Waals surface area contributed by atoms with E-state index >= 15 is 0 Å². The third-order valence-corrected chi connectivity index (χ3v) is 5.65. The van der Waals surface area contributed by atoms with E-state index in [-0.39, 0.29) is 11.5 Å². The van der Waals surface area contributed by atoms with Gasteiger partial charge in [-0.25, -0.2) is 9.97 Å². The zero-order valence-electron chi connectivity index (χ0n) is 20.7. The van der Waals surface area contributed by atoms with Crippen LogP contribution in [0.2, 0.25) is 0 Å². The largest absolute Gasteiger partial charge is 0.508 e. The topological polar surface area (TPSA) is 86.5 Å². The molecular weight excluding hydrogens is 460 g/mol. The van der Waals surface area contributed by atoms with Crippen molar-refractivity contribution in [3.05, 3.63) is 127 Å². The van der Waals surface area contributed by atoms with Crippen LogP contribution in [0.15, 0.2) is 115 Å². The molecule has 6 aromatic rings. The summed E-state index contributed by atoms with van der Waals surface area (Å²) in [7, 11) is 0. The lowest BCUT2D eigenvalue weighted by molar-refractivity contribution is 0.475. The van der Waals surface area contributed by atoms with Crippen LogP contribution in [0.25, 0.3) is 32.9 Å². The van der Waals surface area contributed by atoms with Crippen molar-refractivity contribution < 1.29 is 15.3 Å². The second-order valence-corrected chi connectivity index (χ2v) is 8.52. The van der Waals surface area contributed by atoms with E-state index < -0.39 is 0 Å². The van der Waals surface area contributed by atoms with Crippen LogP contribution in [0.1, 0.15) is 11.4 Å². The predicted molar refractivity (Wildman–Crippen MR) is 150 cm³/mol. The maximum absolute atomic E-state index is 9.43. The summed E-state index contributed by atoms with van der Waals surface area (Å²) in [5.74, 6) is 0.798. The maximum atomic E-state index is 9.43. The fourth-order valence-corrected chi connectivity index (χ4v) is 3.74. The molecular formula is C32H28N2O3. The van der Waals surface area contributed by atoms with Gasteiger partial charge in [-0.05, 0) is 61.4 Å². The fourth-order valence-electron chi connectivity index (χ4n) is 3.74. The number of aromatic hydroxyl groups is 3. The van der Waals surface area contributed by atoms with Crippen molar-refractivity contribution >= 4 is 21.8 Å². The molecule has 37 heavy (non-hydrogen) atoms. The van der Waals surface area contributed by atoms with Gasteiger partial charge in [-0.3, -0.25) is 0 Å². The van der Waals surface area contributed by atoms with E-state index in [1.165, 1.54) is 5.56 Å². The van der Waals surface area contributed by atoms with Gasteiger partial charge in [-0.2, -0.15) is 0 Å². The van der Waals surface area contributed by atoms with Crippen molar-refractivity contribution in [2.45, 2.75) is 13.8 Å². The molecule has 0 saturated heterocycles. The van der Waals surface area contributed by atoms with Crippen LogP contribution in [-0.4, -0.2) is 25.3 Å². The Morgan fingerprint density at radius 2 is 0.892 bits per heavy atom. The van der Waals surface area contributed by atoms with E-state index in [0.29, 0.717) is 16.8 Å². The molecule has 0 saturated carbocycles. The minimum absolute atomic E-state index is 0.246. The van der Waals surface area contributed by atoms with Crippen molar-refractivity contribution in [2.24, 2.45) is 0 Å². The molecule has 0 aliphatic carbocycles. The smallest absolute Gasteiger partial charge is 0.141 e. The van der Waals surface area contributed by atoms with Crippen LogP contribution in [0.4, 0.5) is 0 Å². The first-order valence-corrected chi connectivity index (χ1v) is 11.9. The number of pyridine rings is 2. The summed E-state index contributed by atoms with van der Waals surface area (Å²) in [6.45, 7) is 3.82. The first kappa shape index (κ1) is 25.2. The van der Waals surface area contributed by atoms with E-state index in [4.69, 9.17) is 5.11 Å². The molecule has 0 spiro atoms. The second kappa shape index (κ2) is 11.7. The third-order valence-electron chi connectivity index (χ3n) is 5.65.